The number of pyridine rings is 1. The molecule has 0 spiro atoms. The Hall–Kier alpha value is -3.68. The van der Waals surface area contributed by atoms with Crippen LogP contribution in [0.5, 0.6) is 0 Å². The number of anilines is 3. The first-order chi connectivity index (χ1) is 15.9. The molecule has 1 saturated heterocycles. The summed E-state index contributed by atoms with van der Waals surface area (Å²) in [5.41, 5.74) is 2.52. The summed E-state index contributed by atoms with van der Waals surface area (Å²) in [4.78, 5) is 34.0. The first-order valence-corrected chi connectivity index (χ1v) is 11.4. The van der Waals surface area contributed by atoms with E-state index in [1.807, 2.05) is 56.4 Å². The van der Waals surface area contributed by atoms with Gasteiger partial charge in [-0.25, -0.2) is 14.7 Å². The molecule has 1 aromatic carbocycles. The Morgan fingerprint density at radius 1 is 1.03 bits per heavy atom. The minimum atomic E-state index is -0.976. The number of aryl methyl sites for hydroxylation is 2. The Morgan fingerprint density at radius 2 is 1.71 bits per heavy atom. The predicted octanol–water partition coefficient (Wildman–Crippen LogP) is 4.91. The molecule has 4 rings (SSSR count). The van der Waals surface area contributed by atoms with Crippen LogP contribution in [0.1, 0.15) is 51.4 Å². The number of imide groups is 1. The smallest absolute Gasteiger partial charge is 0.325 e. The van der Waals surface area contributed by atoms with Gasteiger partial charge >= 0.3 is 6.03 Å². The molecule has 34 heavy (non-hydrogen) atoms. The third kappa shape index (κ3) is 4.27. The second-order valence-corrected chi connectivity index (χ2v) is 10.3. The van der Waals surface area contributed by atoms with Crippen molar-refractivity contribution in [2.75, 3.05) is 10.2 Å². The summed E-state index contributed by atoms with van der Waals surface area (Å²) in [5, 5.41) is 7.60. The van der Waals surface area contributed by atoms with Gasteiger partial charge in [-0.1, -0.05) is 32.9 Å². The number of carbonyl (C=O) groups is 2. The van der Waals surface area contributed by atoms with Gasteiger partial charge in [-0.2, -0.15) is 5.10 Å². The van der Waals surface area contributed by atoms with Gasteiger partial charge in [-0.15, -0.1) is 0 Å². The van der Waals surface area contributed by atoms with Crippen molar-refractivity contribution in [2.45, 2.75) is 59.0 Å². The summed E-state index contributed by atoms with van der Waals surface area (Å²) >= 11 is 0. The van der Waals surface area contributed by atoms with E-state index in [2.05, 4.69) is 36.2 Å². The van der Waals surface area contributed by atoms with E-state index in [1.165, 1.54) is 4.90 Å². The average Bonchev–Trinajstić information content (AvgIpc) is 3.15. The van der Waals surface area contributed by atoms with Gasteiger partial charge in [0.15, 0.2) is 0 Å². The molecule has 8 heteroatoms. The van der Waals surface area contributed by atoms with Crippen molar-refractivity contribution in [1.82, 2.24) is 19.7 Å². The van der Waals surface area contributed by atoms with Gasteiger partial charge in [-0.05, 0) is 61.6 Å². The summed E-state index contributed by atoms with van der Waals surface area (Å²) in [7, 11) is 1.86. The fraction of sp³-hybridized carbons (Fsp3) is 0.385. The van der Waals surface area contributed by atoms with Crippen molar-refractivity contribution in [3.63, 3.8) is 0 Å². The molecule has 3 heterocycles. The SMILES string of the molecule is Cc1cc(Nc2cc(CN3C(=O)N(c4ccc(C(C)(C)C)cc4)C(=O)C3(C)C)ccn2)n(C)n1. The lowest BCUT2D eigenvalue weighted by Crippen LogP contribution is -2.43. The minimum absolute atomic E-state index is 0.00980. The average molecular weight is 461 g/mol. The first-order valence-electron chi connectivity index (χ1n) is 11.4. The molecule has 0 aliphatic carbocycles. The van der Waals surface area contributed by atoms with E-state index in [9.17, 15) is 9.59 Å². The van der Waals surface area contributed by atoms with Gasteiger partial charge < -0.3 is 10.2 Å². The standard InChI is InChI=1S/C26H32N6O2/c1-17-14-22(30(7)29-17)28-21-15-18(12-13-27-21)16-31-24(34)32(23(33)26(31,5)6)20-10-8-19(9-11-20)25(2,3)4/h8-15H,16H2,1-7H3,(H,27,28). The lowest BCUT2D eigenvalue weighted by atomic mass is 9.87. The zero-order valence-corrected chi connectivity index (χ0v) is 20.9. The van der Waals surface area contributed by atoms with E-state index in [0.717, 1.165) is 22.6 Å². The van der Waals surface area contributed by atoms with Crippen LogP contribution < -0.4 is 10.2 Å². The van der Waals surface area contributed by atoms with E-state index in [4.69, 9.17) is 0 Å². The third-order valence-electron chi connectivity index (χ3n) is 6.24. The number of hydrogen-bond acceptors (Lipinski definition) is 5. The zero-order chi connectivity index (χ0) is 24.8. The number of aromatic nitrogens is 3. The van der Waals surface area contributed by atoms with Crippen LogP contribution >= 0.6 is 0 Å². The van der Waals surface area contributed by atoms with Crippen LogP contribution in [0, 0.1) is 6.92 Å². The maximum Gasteiger partial charge on any atom is 0.332 e. The van der Waals surface area contributed by atoms with E-state index in [1.54, 1.807) is 29.6 Å². The third-order valence-corrected chi connectivity index (χ3v) is 6.24. The van der Waals surface area contributed by atoms with E-state index < -0.39 is 5.54 Å². The maximum atomic E-state index is 13.4. The molecule has 0 saturated carbocycles. The number of urea groups is 1. The molecule has 0 bridgehead atoms. The molecular weight excluding hydrogens is 428 g/mol. The second kappa shape index (κ2) is 8.27. The van der Waals surface area contributed by atoms with Crippen molar-refractivity contribution < 1.29 is 9.59 Å². The summed E-state index contributed by atoms with van der Waals surface area (Å²) < 4.78 is 1.75. The van der Waals surface area contributed by atoms with Crippen molar-refractivity contribution in [1.29, 1.82) is 0 Å². The van der Waals surface area contributed by atoms with Crippen LogP contribution in [0.2, 0.25) is 0 Å². The molecule has 1 aliphatic rings. The van der Waals surface area contributed by atoms with Crippen molar-refractivity contribution in [3.8, 4) is 0 Å². The Bertz CT molecular complexity index is 1240. The fourth-order valence-electron chi connectivity index (χ4n) is 4.12. The van der Waals surface area contributed by atoms with Gasteiger partial charge in [-0.3, -0.25) is 9.48 Å². The summed E-state index contributed by atoms with van der Waals surface area (Å²) in [6.45, 7) is 12.2. The highest BCUT2D eigenvalue weighted by Gasteiger charge is 2.51. The second-order valence-electron chi connectivity index (χ2n) is 10.3. The molecule has 1 aliphatic heterocycles. The number of hydrogen-bond donors (Lipinski definition) is 1. The fourth-order valence-corrected chi connectivity index (χ4v) is 4.12. The first kappa shape index (κ1) is 23.5. The van der Waals surface area contributed by atoms with Gasteiger partial charge in [0, 0.05) is 25.9 Å². The van der Waals surface area contributed by atoms with E-state index in [0.29, 0.717) is 11.5 Å². The summed E-state index contributed by atoms with van der Waals surface area (Å²) in [6.07, 6.45) is 1.69. The lowest BCUT2D eigenvalue weighted by Gasteiger charge is -2.27. The molecule has 1 fully saturated rings. The largest absolute Gasteiger partial charge is 0.332 e. The topological polar surface area (TPSA) is 83.4 Å². The monoisotopic (exact) mass is 460 g/mol. The number of rotatable bonds is 5. The molecule has 0 radical (unpaired) electrons. The van der Waals surface area contributed by atoms with Crippen LogP contribution in [0.25, 0.3) is 0 Å². The highest BCUT2D eigenvalue weighted by atomic mass is 16.2. The minimum Gasteiger partial charge on any atom is -0.325 e. The van der Waals surface area contributed by atoms with Crippen molar-refractivity contribution in [2.24, 2.45) is 7.05 Å². The molecule has 2 aromatic heterocycles. The lowest BCUT2D eigenvalue weighted by molar-refractivity contribution is -0.123. The number of amides is 3. The molecule has 1 N–H and O–H groups in total. The summed E-state index contributed by atoms with van der Waals surface area (Å²) in [6, 6.07) is 13.0. The number of nitrogens with zero attached hydrogens (tertiary/aromatic N) is 5. The van der Waals surface area contributed by atoms with E-state index in [-0.39, 0.29) is 23.9 Å². The Kier molecular flexibility index (Phi) is 5.71. The number of benzene rings is 1. The molecule has 8 nitrogen and oxygen atoms in total. The predicted molar refractivity (Wildman–Crippen MR) is 133 cm³/mol. The number of nitrogens with one attached hydrogen (secondary N) is 1. The molecule has 3 aromatic rings. The molecule has 0 atom stereocenters. The molecule has 3 amide bonds. The highest BCUT2D eigenvalue weighted by Crippen LogP contribution is 2.34. The van der Waals surface area contributed by atoms with Gasteiger partial charge in [0.25, 0.3) is 5.91 Å². The van der Waals surface area contributed by atoms with Crippen LogP contribution in [0.15, 0.2) is 48.7 Å². The maximum absolute atomic E-state index is 13.4. The Morgan fingerprint density at radius 3 is 2.29 bits per heavy atom. The normalized spacial score (nSPS) is 15.9. The molecular formula is C26H32N6O2. The van der Waals surface area contributed by atoms with Crippen molar-refractivity contribution >= 4 is 29.3 Å². The zero-order valence-electron chi connectivity index (χ0n) is 20.9. The van der Waals surface area contributed by atoms with E-state index >= 15 is 0 Å². The Balaban J connectivity index is 1.57. The highest BCUT2D eigenvalue weighted by molar-refractivity contribution is 6.22. The summed E-state index contributed by atoms with van der Waals surface area (Å²) in [5.74, 6) is 1.23. The van der Waals surface area contributed by atoms with Crippen molar-refractivity contribution in [3.05, 3.63) is 65.5 Å². The number of carbonyl (C=O) groups excluding carboxylic acids is 2. The van der Waals surface area contributed by atoms with Crippen LogP contribution in [-0.2, 0) is 23.8 Å². The molecule has 178 valence electrons. The quantitative estimate of drug-likeness (QED) is 0.547. The van der Waals surface area contributed by atoms with Crippen LogP contribution in [-0.4, -0.2) is 37.1 Å². The van der Waals surface area contributed by atoms with Crippen LogP contribution in [0.4, 0.5) is 22.1 Å². The molecule has 0 unspecified atom stereocenters. The van der Waals surface area contributed by atoms with Crippen LogP contribution in [0.3, 0.4) is 0 Å². The van der Waals surface area contributed by atoms with Gasteiger partial charge in [0.05, 0.1) is 11.4 Å². The van der Waals surface area contributed by atoms with Gasteiger partial charge in [0.2, 0.25) is 0 Å². The Labute approximate surface area is 200 Å². The van der Waals surface area contributed by atoms with Gasteiger partial charge in [0.1, 0.15) is 17.2 Å².